The van der Waals surface area contributed by atoms with Gasteiger partial charge in [0.2, 0.25) is 0 Å². The topological polar surface area (TPSA) is 89.8 Å². The molecule has 0 heterocycles. The number of carbonyl (C=O) groups is 2. The minimum absolute atomic E-state index is 0.0249. The van der Waals surface area contributed by atoms with E-state index < -0.39 is 10.9 Å². The zero-order valence-electron chi connectivity index (χ0n) is 14.0. The highest BCUT2D eigenvalue weighted by molar-refractivity contribution is 5.99. The minimum Gasteiger partial charge on any atom is -0.462 e. The second kappa shape index (κ2) is 7.90. The van der Waals surface area contributed by atoms with Gasteiger partial charge in [0, 0.05) is 30.3 Å². The summed E-state index contributed by atoms with van der Waals surface area (Å²) in [4.78, 5) is 37.0. The van der Waals surface area contributed by atoms with Crippen molar-refractivity contribution in [3.8, 4) is 0 Å². The van der Waals surface area contributed by atoms with Crippen molar-refractivity contribution in [1.82, 2.24) is 4.90 Å². The second-order valence-corrected chi connectivity index (χ2v) is 5.78. The molecule has 0 atom stereocenters. The molecule has 1 aromatic rings. The average molecular weight is 334 g/mol. The number of non-ortho nitro benzene ring substituents is 1. The molecule has 0 saturated heterocycles. The molecule has 0 N–H and O–H groups in total. The van der Waals surface area contributed by atoms with E-state index in [0.717, 1.165) is 31.7 Å². The van der Waals surface area contributed by atoms with Crippen LogP contribution in [-0.2, 0) is 4.74 Å². The van der Waals surface area contributed by atoms with Crippen LogP contribution in [0.1, 0.15) is 60.2 Å². The highest BCUT2D eigenvalue weighted by Crippen LogP contribution is 2.26. The van der Waals surface area contributed by atoms with Gasteiger partial charge in [-0.2, -0.15) is 0 Å². The number of nitrogens with zero attached hydrogens (tertiary/aromatic N) is 2. The molecule has 1 fully saturated rings. The van der Waals surface area contributed by atoms with Crippen molar-refractivity contribution in [1.29, 1.82) is 0 Å². The Kier molecular flexibility index (Phi) is 5.89. The van der Waals surface area contributed by atoms with Crippen LogP contribution >= 0.6 is 0 Å². The Hall–Kier alpha value is -2.44. The predicted molar refractivity (Wildman–Crippen MR) is 88.0 cm³/mol. The Labute approximate surface area is 140 Å². The average Bonchev–Trinajstić information content (AvgIpc) is 3.09. The van der Waals surface area contributed by atoms with E-state index in [-0.39, 0.29) is 35.4 Å². The van der Waals surface area contributed by atoms with Gasteiger partial charge >= 0.3 is 5.97 Å². The predicted octanol–water partition coefficient (Wildman–Crippen LogP) is 3.18. The zero-order chi connectivity index (χ0) is 17.7. The summed E-state index contributed by atoms with van der Waals surface area (Å²) < 4.78 is 4.90. The lowest BCUT2D eigenvalue weighted by Gasteiger charge is -2.27. The lowest BCUT2D eigenvalue weighted by atomic mass is 10.1. The summed E-state index contributed by atoms with van der Waals surface area (Å²) in [7, 11) is 0. The molecule has 24 heavy (non-hydrogen) atoms. The molecule has 2 rings (SSSR count). The number of carbonyl (C=O) groups excluding carboxylic acids is 2. The molecule has 1 amide bonds. The quantitative estimate of drug-likeness (QED) is 0.453. The standard InChI is InChI=1S/C17H22N2O5/c1-3-18(14-7-5-6-8-14)16(20)12-9-13(17(21)24-4-2)11-15(10-12)19(22)23/h9-11,14H,3-8H2,1-2H3. The van der Waals surface area contributed by atoms with Gasteiger partial charge in [-0.05, 0) is 32.8 Å². The van der Waals surface area contributed by atoms with Crippen LogP contribution in [0.25, 0.3) is 0 Å². The summed E-state index contributed by atoms with van der Waals surface area (Å²) in [6.07, 6.45) is 4.05. The van der Waals surface area contributed by atoms with Crippen LogP contribution < -0.4 is 0 Å². The molecule has 7 nitrogen and oxygen atoms in total. The summed E-state index contributed by atoms with van der Waals surface area (Å²) in [5, 5.41) is 11.1. The third kappa shape index (κ3) is 3.90. The highest BCUT2D eigenvalue weighted by Gasteiger charge is 2.28. The first-order chi connectivity index (χ1) is 11.5. The zero-order valence-corrected chi connectivity index (χ0v) is 14.0. The Balaban J connectivity index is 2.37. The van der Waals surface area contributed by atoms with Gasteiger partial charge in [-0.15, -0.1) is 0 Å². The van der Waals surface area contributed by atoms with E-state index in [1.807, 2.05) is 6.92 Å². The molecule has 1 aliphatic carbocycles. The van der Waals surface area contributed by atoms with Crippen molar-refractivity contribution >= 4 is 17.6 Å². The first-order valence-electron chi connectivity index (χ1n) is 8.25. The van der Waals surface area contributed by atoms with Crippen molar-refractivity contribution in [3.63, 3.8) is 0 Å². The normalized spacial score (nSPS) is 14.4. The molecular weight excluding hydrogens is 312 g/mol. The summed E-state index contributed by atoms with van der Waals surface area (Å²) in [5.74, 6) is -0.946. The van der Waals surface area contributed by atoms with Crippen LogP contribution in [0, 0.1) is 10.1 Å². The van der Waals surface area contributed by atoms with Crippen LogP contribution in [0.15, 0.2) is 18.2 Å². The lowest BCUT2D eigenvalue weighted by Crippen LogP contribution is -2.38. The largest absolute Gasteiger partial charge is 0.462 e. The number of nitro benzene ring substituents is 1. The van der Waals surface area contributed by atoms with Gasteiger partial charge in [0.25, 0.3) is 11.6 Å². The number of nitro groups is 1. The summed E-state index contributed by atoms with van der Waals surface area (Å²) in [6, 6.07) is 3.90. The number of benzene rings is 1. The summed E-state index contributed by atoms with van der Waals surface area (Å²) in [6.45, 7) is 4.23. The number of rotatable bonds is 6. The molecule has 0 radical (unpaired) electrons. The fourth-order valence-corrected chi connectivity index (χ4v) is 3.12. The van der Waals surface area contributed by atoms with Crippen LogP contribution in [0.5, 0.6) is 0 Å². The number of hydrogen-bond acceptors (Lipinski definition) is 5. The van der Waals surface area contributed by atoms with Crippen molar-refractivity contribution in [2.45, 2.75) is 45.6 Å². The van der Waals surface area contributed by atoms with E-state index in [1.165, 1.54) is 12.1 Å². The lowest BCUT2D eigenvalue weighted by molar-refractivity contribution is -0.384. The van der Waals surface area contributed by atoms with Crippen LogP contribution in [0.3, 0.4) is 0 Å². The number of hydrogen-bond donors (Lipinski definition) is 0. The number of ether oxygens (including phenoxy) is 1. The molecular formula is C17H22N2O5. The van der Waals surface area contributed by atoms with Crippen molar-refractivity contribution in [2.24, 2.45) is 0 Å². The van der Waals surface area contributed by atoms with E-state index in [9.17, 15) is 19.7 Å². The maximum Gasteiger partial charge on any atom is 0.338 e. The van der Waals surface area contributed by atoms with Gasteiger partial charge in [-0.3, -0.25) is 14.9 Å². The van der Waals surface area contributed by atoms with Gasteiger partial charge in [-0.25, -0.2) is 4.79 Å². The first-order valence-corrected chi connectivity index (χ1v) is 8.25. The van der Waals surface area contributed by atoms with E-state index in [1.54, 1.807) is 11.8 Å². The molecule has 1 aromatic carbocycles. The molecule has 0 aromatic heterocycles. The van der Waals surface area contributed by atoms with Crippen molar-refractivity contribution < 1.29 is 19.2 Å². The van der Waals surface area contributed by atoms with Gasteiger partial charge in [0.15, 0.2) is 0 Å². The van der Waals surface area contributed by atoms with Gasteiger partial charge < -0.3 is 9.64 Å². The monoisotopic (exact) mass is 334 g/mol. The Morgan fingerprint density at radius 3 is 2.38 bits per heavy atom. The van der Waals surface area contributed by atoms with Crippen molar-refractivity contribution in [3.05, 3.63) is 39.4 Å². The minimum atomic E-state index is -0.667. The molecule has 1 aliphatic rings. The van der Waals surface area contributed by atoms with Crippen LogP contribution in [-0.4, -0.2) is 40.9 Å². The van der Waals surface area contributed by atoms with Gasteiger partial charge in [-0.1, -0.05) is 12.8 Å². The van der Waals surface area contributed by atoms with E-state index in [0.29, 0.717) is 6.54 Å². The SMILES string of the molecule is CCOC(=O)c1cc(C(=O)N(CC)C2CCCC2)cc([N+](=O)[O-])c1. The maximum atomic E-state index is 12.8. The highest BCUT2D eigenvalue weighted by atomic mass is 16.6. The third-order valence-electron chi connectivity index (χ3n) is 4.25. The second-order valence-electron chi connectivity index (χ2n) is 5.78. The van der Waals surface area contributed by atoms with E-state index in [2.05, 4.69) is 0 Å². The summed E-state index contributed by atoms with van der Waals surface area (Å²) in [5.41, 5.74) is -0.107. The molecule has 0 spiro atoms. The fourth-order valence-electron chi connectivity index (χ4n) is 3.12. The van der Waals surface area contributed by atoms with Gasteiger partial charge in [0.05, 0.1) is 17.1 Å². The van der Waals surface area contributed by atoms with Crippen LogP contribution in [0.4, 0.5) is 5.69 Å². The van der Waals surface area contributed by atoms with Crippen molar-refractivity contribution in [2.75, 3.05) is 13.2 Å². The molecule has 0 bridgehead atoms. The van der Waals surface area contributed by atoms with E-state index in [4.69, 9.17) is 4.74 Å². The smallest absolute Gasteiger partial charge is 0.338 e. The Morgan fingerprint density at radius 1 is 1.21 bits per heavy atom. The molecule has 130 valence electrons. The Morgan fingerprint density at radius 2 is 1.83 bits per heavy atom. The number of esters is 1. The molecule has 0 unspecified atom stereocenters. The molecule has 1 saturated carbocycles. The maximum absolute atomic E-state index is 12.8. The molecule has 0 aliphatic heterocycles. The number of amides is 1. The van der Waals surface area contributed by atoms with Crippen LogP contribution in [0.2, 0.25) is 0 Å². The van der Waals surface area contributed by atoms with E-state index >= 15 is 0 Å². The first kappa shape index (κ1) is 17.9. The Bertz CT molecular complexity index is 638. The molecule has 7 heteroatoms. The summed E-state index contributed by atoms with van der Waals surface area (Å²) >= 11 is 0. The van der Waals surface area contributed by atoms with Gasteiger partial charge in [0.1, 0.15) is 0 Å². The third-order valence-corrected chi connectivity index (χ3v) is 4.25. The fraction of sp³-hybridized carbons (Fsp3) is 0.529.